The van der Waals surface area contributed by atoms with Gasteiger partial charge in [0.1, 0.15) is 5.75 Å². The van der Waals surface area contributed by atoms with Crippen molar-refractivity contribution in [1.82, 2.24) is 15.5 Å². The summed E-state index contributed by atoms with van der Waals surface area (Å²) < 4.78 is 11.0. The van der Waals surface area contributed by atoms with Gasteiger partial charge in [-0.2, -0.15) is 0 Å². The van der Waals surface area contributed by atoms with Crippen molar-refractivity contribution in [2.75, 3.05) is 38.3 Å². The molecule has 1 amide bonds. The standard InChI is InChI=1S/C22H28N4O3/c1-28-20-7-3-2-6-18(20)19-8-9-21(25-24-19)26-12-10-16(11-13-26)22(27)23-15-17-5-4-14-29-17/h2-3,6-9,16-17H,4-5,10-15H2,1H3,(H,23,27). The smallest absolute Gasteiger partial charge is 0.223 e. The summed E-state index contributed by atoms with van der Waals surface area (Å²) in [5.41, 5.74) is 1.71. The van der Waals surface area contributed by atoms with E-state index in [1.807, 2.05) is 36.4 Å². The Kier molecular flexibility index (Phi) is 6.24. The highest BCUT2D eigenvalue weighted by Gasteiger charge is 2.26. The summed E-state index contributed by atoms with van der Waals surface area (Å²) in [5, 5.41) is 11.9. The maximum atomic E-state index is 12.4. The van der Waals surface area contributed by atoms with E-state index in [4.69, 9.17) is 9.47 Å². The zero-order chi connectivity index (χ0) is 20.1. The van der Waals surface area contributed by atoms with Crippen LogP contribution in [0.3, 0.4) is 0 Å². The minimum absolute atomic E-state index is 0.0634. The van der Waals surface area contributed by atoms with E-state index in [0.717, 1.165) is 68.2 Å². The number of hydrogen-bond acceptors (Lipinski definition) is 6. The number of nitrogens with one attached hydrogen (secondary N) is 1. The predicted molar refractivity (Wildman–Crippen MR) is 111 cm³/mol. The third-order valence-corrected chi connectivity index (χ3v) is 5.75. The zero-order valence-corrected chi connectivity index (χ0v) is 16.8. The lowest BCUT2D eigenvalue weighted by Gasteiger charge is -2.32. The van der Waals surface area contributed by atoms with Gasteiger partial charge in [-0.05, 0) is 49.9 Å². The molecule has 1 aromatic carbocycles. The highest BCUT2D eigenvalue weighted by Crippen LogP contribution is 2.29. The maximum Gasteiger partial charge on any atom is 0.223 e. The van der Waals surface area contributed by atoms with Crippen LogP contribution in [-0.4, -0.2) is 55.6 Å². The molecule has 7 heteroatoms. The van der Waals surface area contributed by atoms with E-state index in [0.29, 0.717) is 6.54 Å². The second kappa shape index (κ2) is 9.22. The number of carbonyl (C=O) groups is 1. The summed E-state index contributed by atoms with van der Waals surface area (Å²) in [6, 6.07) is 11.8. The molecule has 1 N–H and O–H groups in total. The lowest BCUT2D eigenvalue weighted by atomic mass is 9.96. The summed E-state index contributed by atoms with van der Waals surface area (Å²) in [4.78, 5) is 14.6. The highest BCUT2D eigenvalue weighted by molar-refractivity contribution is 5.79. The second-order valence-electron chi connectivity index (χ2n) is 7.62. The van der Waals surface area contributed by atoms with Crippen LogP contribution < -0.4 is 15.0 Å². The maximum absolute atomic E-state index is 12.4. The van der Waals surface area contributed by atoms with Crippen molar-refractivity contribution < 1.29 is 14.3 Å². The van der Waals surface area contributed by atoms with Gasteiger partial charge in [-0.1, -0.05) is 12.1 Å². The zero-order valence-electron chi connectivity index (χ0n) is 16.8. The number of carbonyl (C=O) groups excluding carboxylic acids is 1. The van der Waals surface area contributed by atoms with Crippen molar-refractivity contribution in [3.63, 3.8) is 0 Å². The van der Waals surface area contributed by atoms with Crippen molar-refractivity contribution in [1.29, 1.82) is 0 Å². The molecule has 4 rings (SSSR count). The van der Waals surface area contributed by atoms with Crippen LogP contribution in [0.1, 0.15) is 25.7 Å². The molecule has 154 valence electrons. The van der Waals surface area contributed by atoms with E-state index in [-0.39, 0.29) is 17.9 Å². The third-order valence-electron chi connectivity index (χ3n) is 5.75. The molecule has 0 saturated carbocycles. The average Bonchev–Trinajstić information content (AvgIpc) is 3.31. The van der Waals surface area contributed by atoms with Gasteiger partial charge in [0.2, 0.25) is 5.91 Å². The third kappa shape index (κ3) is 4.67. The molecule has 1 aromatic heterocycles. The first-order valence-corrected chi connectivity index (χ1v) is 10.4. The normalized spacial score (nSPS) is 19.9. The number of rotatable bonds is 6. The molecule has 0 spiro atoms. The number of methoxy groups -OCH3 is 1. The molecule has 29 heavy (non-hydrogen) atoms. The Morgan fingerprint density at radius 2 is 2.00 bits per heavy atom. The topological polar surface area (TPSA) is 76.6 Å². The van der Waals surface area contributed by atoms with Crippen LogP contribution in [-0.2, 0) is 9.53 Å². The number of hydrogen-bond donors (Lipinski definition) is 1. The second-order valence-corrected chi connectivity index (χ2v) is 7.62. The van der Waals surface area contributed by atoms with Crippen molar-refractivity contribution in [3.8, 4) is 17.0 Å². The summed E-state index contributed by atoms with van der Waals surface area (Å²) in [6.45, 7) is 3.06. The molecule has 2 aliphatic rings. The van der Waals surface area contributed by atoms with E-state index < -0.39 is 0 Å². The van der Waals surface area contributed by atoms with Gasteiger partial charge >= 0.3 is 0 Å². The van der Waals surface area contributed by atoms with Gasteiger partial charge < -0.3 is 19.7 Å². The Hall–Kier alpha value is -2.67. The van der Waals surface area contributed by atoms with Gasteiger partial charge in [0.15, 0.2) is 5.82 Å². The Morgan fingerprint density at radius 1 is 1.17 bits per heavy atom. The first-order chi connectivity index (χ1) is 14.2. The Bertz CT molecular complexity index is 813. The van der Waals surface area contributed by atoms with Crippen molar-refractivity contribution in [3.05, 3.63) is 36.4 Å². The number of anilines is 1. The minimum Gasteiger partial charge on any atom is -0.496 e. The summed E-state index contributed by atoms with van der Waals surface area (Å²) in [5.74, 6) is 1.84. The Morgan fingerprint density at radius 3 is 2.69 bits per heavy atom. The van der Waals surface area contributed by atoms with Gasteiger partial charge in [-0.3, -0.25) is 4.79 Å². The molecule has 1 unspecified atom stereocenters. The molecular formula is C22H28N4O3. The number of nitrogens with zero attached hydrogens (tertiary/aromatic N) is 3. The molecule has 2 saturated heterocycles. The SMILES string of the molecule is COc1ccccc1-c1ccc(N2CCC(C(=O)NCC3CCCO3)CC2)nn1. The van der Waals surface area contributed by atoms with E-state index >= 15 is 0 Å². The molecular weight excluding hydrogens is 368 g/mol. The average molecular weight is 396 g/mol. The van der Waals surface area contributed by atoms with Crippen molar-refractivity contribution in [2.24, 2.45) is 5.92 Å². The number of amides is 1. The molecule has 2 aliphatic heterocycles. The molecule has 7 nitrogen and oxygen atoms in total. The molecule has 2 fully saturated rings. The van der Waals surface area contributed by atoms with E-state index in [9.17, 15) is 4.79 Å². The van der Waals surface area contributed by atoms with Crippen LogP contribution in [0.5, 0.6) is 5.75 Å². The first kappa shape index (κ1) is 19.6. The predicted octanol–water partition coefficient (Wildman–Crippen LogP) is 2.66. The highest BCUT2D eigenvalue weighted by atomic mass is 16.5. The largest absolute Gasteiger partial charge is 0.496 e. The van der Waals surface area contributed by atoms with Crippen LogP contribution in [0.15, 0.2) is 36.4 Å². The fourth-order valence-corrected chi connectivity index (χ4v) is 4.03. The van der Waals surface area contributed by atoms with Gasteiger partial charge in [0.05, 0.1) is 18.9 Å². The Balaban J connectivity index is 1.31. The molecule has 0 aliphatic carbocycles. The molecule has 2 aromatic rings. The quantitative estimate of drug-likeness (QED) is 0.809. The number of piperidine rings is 1. The summed E-state index contributed by atoms with van der Waals surface area (Å²) in [7, 11) is 1.65. The van der Waals surface area contributed by atoms with Crippen LogP contribution in [0, 0.1) is 5.92 Å². The van der Waals surface area contributed by atoms with Gasteiger partial charge in [0, 0.05) is 37.7 Å². The monoisotopic (exact) mass is 396 g/mol. The van der Waals surface area contributed by atoms with E-state index in [1.165, 1.54) is 0 Å². The minimum atomic E-state index is 0.0634. The molecule has 0 bridgehead atoms. The molecule has 3 heterocycles. The van der Waals surface area contributed by atoms with Crippen molar-refractivity contribution >= 4 is 11.7 Å². The number of benzene rings is 1. The number of para-hydroxylation sites is 1. The van der Waals surface area contributed by atoms with Gasteiger partial charge in [-0.15, -0.1) is 10.2 Å². The van der Waals surface area contributed by atoms with E-state index in [1.54, 1.807) is 7.11 Å². The fraction of sp³-hybridized carbons (Fsp3) is 0.500. The van der Waals surface area contributed by atoms with Crippen LogP contribution >= 0.6 is 0 Å². The van der Waals surface area contributed by atoms with E-state index in [2.05, 4.69) is 20.4 Å². The fourth-order valence-electron chi connectivity index (χ4n) is 4.03. The lowest BCUT2D eigenvalue weighted by molar-refractivity contribution is -0.126. The van der Waals surface area contributed by atoms with Crippen molar-refractivity contribution in [2.45, 2.75) is 31.8 Å². The summed E-state index contributed by atoms with van der Waals surface area (Å²) in [6.07, 6.45) is 3.98. The first-order valence-electron chi connectivity index (χ1n) is 10.4. The molecule has 1 atom stereocenters. The number of ether oxygens (including phenoxy) is 2. The lowest BCUT2D eigenvalue weighted by Crippen LogP contribution is -2.42. The molecule has 0 radical (unpaired) electrons. The summed E-state index contributed by atoms with van der Waals surface area (Å²) >= 11 is 0. The van der Waals surface area contributed by atoms with Crippen LogP contribution in [0.25, 0.3) is 11.3 Å². The van der Waals surface area contributed by atoms with Gasteiger partial charge in [0.25, 0.3) is 0 Å². The number of aromatic nitrogens is 2. The van der Waals surface area contributed by atoms with Gasteiger partial charge in [-0.25, -0.2) is 0 Å². The Labute approximate surface area is 171 Å². The van der Waals surface area contributed by atoms with Crippen LogP contribution in [0.4, 0.5) is 5.82 Å². The van der Waals surface area contributed by atoms with Crippen LogP contribution in [0.2, 0.25) is 0 Å².